The third-order valence-electron chi connectivity index (χ3n) is 3.35. The molecule has 2 unspecified atom stereocenters. The van der Waals surface area contributed by atoms with E-state index < -0.39 is 0 Å². The summed E-state index contributed by atoms with van der Waals surface area (Å²) in [6, 6.07) is 4.49. The van der Waals surface area contributed by atoms with Crippen molar-refractivity contribution < 1.29 is 9.18 Å². The molecule has 1 aliphatic carbocycles. The largest absolute Gasteiger partial charge is 0.349 e. The van der Waals surface area contributed by atoms with E-state index in [9.17, 15) is 9.18 Å². The van der Waals surface area contributed by atoms with E-state index in [0.717, 1.165) is 24.6 Å². The molecular weight excluding hydrogens is 412 g/mol. The van der Waals surface area contributed by atoms with Crippen LogP contribution in [0, 0.1) is 15.3 Å². The predicted molar refractivity (Wildman–Crippen MR) is 81.5 cm³/mol. The molecule has 0 bridgehead atoms. The molecule has 18 heavy (non-hydrogen) atoms. The minimum Gasteiger partial charge on any atom is -0.349 e. The average Bonchev–Trinajstić information content (AvgIpc) is 2.76. The second kappa shape index (κ2) is 6.32. The van der Waals surface area contributed by atoms with Gasteiger partial charge in [-0.25, -0.2) is 4.39 Å². The van der Waals surface area contributed by atoms with E-state index in [1.54, 1.807) is 6.07 Å². The van der Waals surface area contributed by atoms with Gasteiger partial charge in [-0.1, -0.05) is 22.4 Å². The van der Waals surface area contributed by atoms with Crippen molar-refractivity contribution in [3.8, 4) is 0 Å². The van der Waals surface area contributed by atoms with Gasteiger partial charge in [-0.2, -0.15) is 0 Å². The molecule has 0 heterocycles. The van der Waals surface area contributed by atoms with Gasteiger partial charge in [0.15, 0.2) is 0 Å². The number of alkyl halides is 1. The van der Waals surface area contributed by atoms with Crippen molar-refractivity contribution in [2.75, 3.05) is 5.33 Å². The molecule has 98 valence electrons. The summed E-state index contributed by atoms with van der Waals surface area (Å²) in [7, 11) is 0. The van der Waals surface area contributed by atoms with Crippen LogP contribution in [0.3, 0.4) is 0 Å². The molecule has 1 N–H and O–H groups in total. The number of nitrogens with one attached hydrogen (secondary N) is 1. The first-order chi connectivity index (χ1) is 8.61. The highest BCUT2D eigenvalue weighted by Gasteiger charge is 2.28. The Morgan fingerprint density at radius 2 is 2.28 bits per heavy atom. The Kier molecular flexibility index (Phi) is 5.00. The fraction of sp³-hybridized carbons (Fsp3) is 0.462. The fourth-order valence-corrected chi connectivity index (χ4v) is 3.83. The quantitative estimate of drug-likeness (QED) is 0.580. The number of hydrogen-bond donors (Lipinski definition) is 1. The van der Waals surface area contributed by atoms with Crippen molar-refractivity contribution >= 4 is 44.4 Å². The summed E-state index contributed by atoms with van der Waals surface area (Å²) in [4.78, 5) is 12.1. The molecular formula is C13H14BrFINO. The standard InChI is InChI=1S/C13H14BrFINO/c14-7-8-2-1-3-12(8)17-13(18)10-5-4-9(15)6-11(10)16/h4-6,8,12H,1-3,7H2,(H,17,18). The van der Waals surface area contributed by atoms with Gasteiger partial charge >= 0.3 is 0 Å². The van der Waals surface area contributed by atoms with Crippen LogP contribution in [0.15, 0.2) is 18.2 Å². The van der Waals surface area contributed by atoms with Crippen molar-refractivity contribution in [2.24, 2.45) is 5.92 Å². The number of rotatable bonds is 3. The molecule has 1 saturated carbocycles. The lowest BCUT2D eigenvalue weighted by Crippen LogP contribution is -2.38. The predicted octanol–water partition coefficient (Wildman–Crippen LogP) is 3.72. The van der Waals surface area contributed by atoms with Gasteiger partial charge in [0.1, 0.15) is 5.82 Å². The Morgan fingerprint density at radius 1 is 1.50 bits per heavy atom. The summed E-state index contributed by atoms with van der Waals surface area (Å²) >= 11 is 5.48. The molecule has 1 amide bonds. The van der Waals surface area contributed by atoms with Crippen LogP contribution in [-0.2, 0) is 0 Å². The highest BCUT2D eigenvalue weighted by Crippen LogP contribution is 2.27. The van der Waals surface area contributed by atoms with Crippen LogP contribution in [0.1, 0.15) is 29.6 Å². The SMILES string of the molecule is O=C(NC1CCCC1CBr)c1ccc(F)cc1I. The first kappa shape index (κ1) is 14.2. The van der Waals surface area contributed by atoms with Gasteiger partial charge in [0, 0.05) is 14.9 Å². The van der Waals surface area contributed by atoms with Crippen LogP contribution < -0.4 is 5.32 Å². The number of amides is 1. The van der Waals surface area contributed by atoms with E-state index in [0.29, 0.717) is 15.1 Å². The van der Waals surface area contributed by atoms with Crippen LogP contribution in [0.5, 0.6) is 0 Å². The number of carbonyl (C=O) groups is 1. The monoisotopic (exact) mass is 425 g/mol. The Morgan fingerprint density at radius 3 is 2.94 bits per heavy atom. The van der Waals surface area contributed by atoms with Gasteiger partial charge in [0.2, 0.25) is 0 Å². The first-order valence-corrected chi connectivity index (χ1v) is 8.13. The molecule has 1 aliphatic rings. The fourth-order valence-electron chi connectivity index (χ4n) is 2.33. The zero-order valence-corrected chi connectivity index (χ0v) is 13.5. The Hall–Kier alpha value is -0.170. The van der Waals surface area contributed by atoms with Crippen LogP contribution in [0.4, 0.5) is 4.39 Å². The Bertz CT molecular complexity index is 455. The van der Waals surface area contributed by atoms with Crippen molar-refractivity contribution in [2.45, 2.75) is 25.3 Å². The van der Waals surface area contributed by atoms with E-state index in [4.69, 9.17) is 0 Å². The van der Waals surface area contributed by atoms with Gasteiger partial charge in [0.05, 0.1) is 5.56 Å². The lowest BCUT2D eigenvalue weighted by molar-refractivity contribution is 0.0929. The Labute approximate surface area is 128 Å². The maximum Gasteiger partial charge on any atom is 0.252 e. The van der Waals surface area contributed by atoms with Crippen molar-refractivity contribution in [1.29, 1.82) is 0 Å². The molecule has 2 nitrogen and oxygen atoms in total. The molecule has 0 radical (unpaired) electrons. The maximum absolute atomic E-state index is 13.0. The van der Waals surface area contributed by atoms with Gasteiger partial charge in [-0.05, 0) is 59.5 Å². The molecule has 1 aromatic rings. The molecule has 2 rings (SSSR count). The second-order valence-electron chi connectivity index (χ2n) is 4.55. The van der Waals surface area contributed by atoms with Gasteiger partial charge in [0.25, 0.3) is 5.91 Å². The summed E-state index contributed by atoms with van der Waals surface area (Å²) in [6.07, 6.45) is 3.33. The van der Waals surface area contributed by atoms with Crippen LogP contribution >= 0.6 is 38.5 Å². The van der Waals surface area contributed by atoms with Crippen molar-refractivity contribution in [3.05, 3.63) is 33.1 Å². The molecule has 2 atom stereocenters. The van der Waals surface area contributed by atoms with Crippen LogP contribution in [-0.4, -0.2) is 17.3 Å². The number of benzene rings is 1. The second-order valence-corrected chi connectivity index (χ2v) is 6.36. The van der Waals surface area contributed by atoms with Crippen molar-refractivity contribution in [3.63, 3.8) is 0 Å². The Balaban J connectivity index is 2.07. The number of carbonyl (C=O) groups excluding carboxylic acids is 1. The molecule has 1 aromatic carbocycles. The third kappa shape index (κ3) is 3.23. The average molecular weight is 426 g/mol. The summed E-state index contributed by atoms with van der Waals surface area (Å²) in [5.74, 6) is 0.0967. The number of halogens is 3. The van der Waals surface area contributed by atoms with E-state index in [1.807, 2.05) is 22.6 Å². The molecule has 0 aliphatic heterocycles. The number of hydrogen-bond acceptors (Lipinski definition) is 1. The van der Waals surface area contributed by atoms with E-state index in [1.165, 1.54) is 12.1 Å². The summed E-state index contributed by atoms with van der Waals surface area (Å²) in [6.45, 7) is 0. The van der Waals surface area contributed by atoms with E-state index in [2.05, 4.69) is 21.2 Å². The zero-order valence-electron chi connectivity index (χ0n) is 9.76. The normalized spacial score (nSPS) is 23.1. The van der Waals surface area contributed by atoms with Gasteiger partial charge < -0.3 is 5.32 Å². The lowest BCUT2D eigenvalue weighted by atomic mass is 10.1. The highest BCUT2D eigenvalue weighted by molar-refractivity contribution is 14.1. The summed E-state index contributed by atoms with van der Waals surface area (Å²) in [5.41, 5.74) is 0.553. The smallest absolute Gasteiger partial charge is 0.252 e. The molecule has 0 aromatic heterocycles. The highest BCUT2D eigenvalue weighted by atomic mass is 127. The topological polar surface area (TPSA) is 29.1 Å². The molecule has 0 spiro atoms. The minimum atomic E-state index is -0.310. The van der Waals surface area contributed by atoms with E-state index >= 15 is 0 Å². The van der Waals surface area contributed by atoms with Crippen LogP contribution in [0.2, 0.25) is 0 Å². The van der Waals surface area contributed by atoms with Gasteiger partial charge in [-0.15, -0.1) is 0 Å². The van der Waals surface area contributed by atoms with E-state index in [-0.39, 0.29) is 17.8 Å². The summed E-state index contributed by atoms with van der Waals surface area (Å²) < 4.78 is 13.6. The zero-order chi connectivity index (χ0) is 13.1. The lowest BCUT2D eigenvalue weighted by Gasteiger charge is -2.19. The molecule has 5 heteroatoms. The third-order valence-corrected chi connectivity index (χ3v) is 5.07. The van der Waals surface area contributed by atoms with Gasteiger partial charge in [-0.3, -0.25) is 4.79 Å². The minimum absolute atomic E-state index is 0.0998. The maximum atomic E-state index is 13.0. The molecule has 0 saturated heterocycles. The van der Waals surface area contributed by atoms with Crippen LogP contribution in [0.25, 0.3) is 0 Å². The molecule has 1 fully saturated rings. The first-order valence-electron chi connectivity index (χ1n) is 5.93. The van der Waals surface area contributed by atoms with Crippen molar-refractivity contribution in [1.82, 2.24) is 5.32 Å². The summed E-state index contributed by atoms with van der Waals surface area (Å²) in [5, 5.41) is 3.98.